The van der Waals surface area contributed by atoms with Gasteiger partial charge < -0.3 is 14.2 Å². The highest BCUT2D eigenvalue weighted by Crippen LogP contribution is 2.26. The Morgan fingerprint density at radius 2 is 1.84 bits per heavy atom. The molecule has 3 aromatic carbocycles. The van der Waals surface area contributed by atoms with Crippen LogP contribution < -0.4 is 16.2 Å². The Bertz CT molecular complexity index is 1870. The third-order valence-electron chi connectivity index (χ3n) is 6.87. The van der Waals surface area contributed by atoms with Crippen molar-refractivity contribution >= 4 is 5.91 Å². The number of carbonyl (C=O) groups is 1. The maximum absolute atomic E-state index is 13.4. The van der Waals surface area contributed by atoms with Gasteiger partial charge >= 0.3 is 11.4 Å². The van der Waals surface area contributed by atoms with Gasteiger partial charge in [-0.3, -0.25) is 9.78 Å². The summed E-state index contributed by atoms with van der Waals surface area (Å²) < 4.78 is 11.7. The maximum Gasteiger partial charge on any atom is 0.440 e. The molecule has 5 rings (SSSR count). The number of hydrogen-bond acceptors (Lipinski definition) is 7. The zero-order valence-electron chi connectivity index (χ0n) is 23.5. The van der Waals surface area contributed by atoms with E-state index in [2.05, 4.69) is 22.1 Å². The third-order valence-corrected chi connectivity index (χ3v) is 6.87. The molecule has 0 atom stereocenters. The van der Waals surface area contributed by atoms with Crippen molar-refractivity contribution in [2.75, 3.05) is 6.54 Å². The highest BCUT2D eigenvalue weighted by atomic mass is 16.5. The van der Waals surface area contributed by atoms with Gasteiger partial charge in [0.25, 0.3) is 5.91 Å². The van der Waals surface area contributed by atoms with Crippen molar-refractivity contribution in [3.8, 4) is 22.9 Å². The molecule has 0 saturated carbocycles. The van der Waals surface area contributed by atoms with Gasteiger partial charge in [-0.2, -0.15) is 5.26 Å². The molecule has 0 bridgehead atoms. The van der Waals surface area contributed by atoms with Crippen molar-refractivity contribution in [1.29, 1.82) is 5.26 Å². The Kier molecular flexibility index (Phi) is 8.93. The van der Waals surface area contributed by atoms with Crippen molar-refractivity contribution < 1.29 is 14.1 Å². The fraction of sp³-hybridized carbons (Fsp3) is 0.182. The van der Waals surface area contributed by atoms with Crippen molar-refractivity contribution in [3.05, 3.63) is 140 Å². The first-order valence-electron chi connectivity index (χ1n) is 13.7. The van der Waals surface area contributed by atoms with Gasteiger partial charge in [0.05, 0.1) is 19.0 Å². The molecule has 10 nitrogen and oxygen atoms in total. The van der Waals surface area contributed by atoms with E-state index in [-0.39, 0.29) is 18.9 Å². The predicted octanol–water partition coefficient (Wildman–Crippen LogP) is 4.68. The average Bonchev–Trinajstić information content (AvgIpc) is 3.34. The molecule has 10 heteroatoms. The summed E-state index contributed by atoms with van der Waals surface area (Å²) in [5.41, 5.74) is 5.59. The van der Waals surface area contributed by atoms with E-state index in [4.69, 9.17) is 14.5 Å². The van der Waals surface area contributed by atoms with Crippen LogP contribution in [0.1, 0.15) is 39.0 Å². The van der Waals surface area contributed by atoms with Gasteiger partial charge in [0.2, 0.25) is 0 Å². The van der Waals surface area contributed by atoms with Crippen LogP contribution in [0.2, 0.25) is 0 Å². The number of aromatic amines is 1. The van der Waals surface area contributed by atoms with Crippen LogP contribution in [-0.2, 0) is 19.7 Å². The molecule has 1 N–H and O–H groups in total. The Morgan fingerprint density at radius 3 is 2.53 bits per heavy atom. The topological polar surface area (TPSA) is 134 Å². The van der Waals surface area contributed by atoms with Crippen LogP contribution in [0, 0.1) is 18.3 Å². The molecule has 0 aliphatic heterocycles. The average molecular weight is 576 g/mol. The molecular formula is C33H29N5O5. The van der Waals surface area contributed by atoms with Crippen LogP contribution in [0.3, 0.4) is 0 Å². The van der Waals surface area contributed by atoms with E-state index in [1.807, 2.05) is 55.5 Å². The quantitative estimate of drug-likeness (QED) is 0.242. The molecule has 5 aromatic rings. The lowest BCUT2D eigenvalue weighted by Gasteiger charge is -2.22. The number of H-pyrrole nitrogens is 1. The molecule has 0 spiro atoms. The van der Waals surface area contributed by atoms with Gasteiger partial charge in [0.15, 0.2) is 0 Å². The summed E-state index contributed by atoms with van der Waals surface area (Å²) in [6, 6.07) is 26.7. The number of aryl methyl sites for hydroxylation is 1. The van der Waals surface area contributed by atoms with E-state index in [0.29, 0.717) is 31.0 Å². The van der Waals surface area contributed by atoms with Crippen LogP contribution in [0.4, 0.5) is 0 Å². The van der Waals surface area contributed by atoms with Crippen LogP contribution >= 0.6 is 0 Å². The van der Waals surface area contributed by atoms with Gasteiger partial charge in [-0.1, -0.05) is 42.5 Å². The Balaban J connectivity index is 1.25. The number of benzene rings is 3. The molecule has 0 radical (unpaired) electrons. The van der Waals surface area contributed by atoms with Crippen LogP contribution in [0.5, 0.6) is 5.75 Å². The second-order valence-corrected chi connectivity index (χ2v) is 10.0. The molecule has 2 aromatic heterocycles. The molecule has 0 saturated heterocycles. The number of aromatic nitrogens is 3. The fourth-order valence-corrected chi connectivity index (χ4v) is 4.72. The highest BCUT2D eigenvalue weighted by Gasteiger charge is 2.17. The lowest BCUT2D eigenvalue weighted by molar-refractivity contribution is 0.0746. The lowest BCUT2D eigenvalue weighted by Crippen LogP contribution is -2.31. The van der Waals surface area contributed by atoms with E-state index in [1.54, 1.807) is 41.6 Å². The SMILES string of the molecule is Cc1cc(C(=O)N(CCC#N)Cc2cccnc2)ccc1-c1cccc(COc2ccc(Cn3oc(=O)[nH]c3=O)cc2)c1. The first-order chi connectivity index (χ1) is 20.9. The number of nitrogens with zero attached hydrogens (tertiary/aromatic N) is 4. The largest absolute Gasteiger partial charge is 0.489 e. The van der Waals surface area contributed by atoms with Gasteiger partial charge in [0.1, 0.15) is 12.4 Å². The number of nitriles is 1. The first kappa shape index (κ1) is 28.8. The lowest BCUT2D eigenvalue weighted by atomic mass is 9.96. The van der Waals surface area contributed by atoms with E-state index in [0.717, 1.165) is 38.1 Å². The van der Waals surface area contributed by atoms with E-state index < -0.39 is 11.4 Å². The summed E-state index contributed by atoms with van der Waals surface area (Å²) in [7, 11) is 0. The monoisotopic (exact) mass is 575 g/mol. The minimum Gasteiger partial charge on any atom is -0.489 e. The zero-order valence-corrected chi connectivity index (χ0v) is 23.5. The van der Waals surface area contributed by atoms with Crippen molar-refractivity contribution in [2.45, 2.75) is 33.0 Å². The standard InChI is InChI=1S/C33H29N5O5/c1-23-17-28(31(39)37(16-4-14-34)20-26-6-3-15-35-19-26)10-13-30(23)27-7-2-5-25(18-27)22-42-29-11-8-24(9-12-29)21-38-32(40)36-33(41)43-38/h2-3,5-13,15,17-19H,4,16,20-22H2,1H3,(H,36,40,41). The second-order valence-electron chi connectivity index (χ2n) is 10.0. The molecule has 0 aliphatic rings. The number of ether oxygens (including phenoxy) is 1. The number of carbonyl (C=O) groups excluding carboxylic acids is 1. The predicted molar refractivity (Wildman–Crippen MR) is 159 cm³/mol. The number of pyridine rings is 1. The number of rotatable bonds is 11. The van der Waals surface area contributed by atoms with Gasteiger partial charge in [-0.05, 0) is 76.7 Å². The van der Waals surface area contributed by atoms with Crippen LogP contribution in [-0.4, -0.2) is 32.1 Å². The molecule has 2 heterocycles. The van der Waals surface area contributed by atoms with Gasteiger partial charge in [0, 0.05) is 31.0 Å². The third kappa shape index (κ3) is 7.34. The molecule has 1 amide bonds. The highest BCUT2D eigenvalue weighted by molar-refractivity contribution is 5.95. The van der Waals surface area contributed by atoms with Crippen LogP contribution in [0.15, 0.2) is 105 Å². The fourth-order valence-electron chi connectivity index (χ4n) is 4.72. The van der Waals surface area contributed by atoms with Gasteiger partial charge in [-0.25, -0.2) is 14.6 Å². The molecule has 43 heavy (non-hydrogen) atoms. The number of amides is 1. The summed E-state index contributed by atoms with van der Waals surface area (Å²) in [6.45, 7) is 3.17. The summed E-state index contributed by atoms with van der Waals surface area (Å²) in [6.07, 6.45) is 3.66. The molecule has 0 unspecified atom stereocenters. The normalized spacial score (nSPS) is 10.7. The number of hydrogen-bond donors (Lipinski definition) is 1. The van der Waals surface area contributed by atoms with Gasteiger partial charge in [-0.15, -0.1) is 4.74 Å². The summed E-state index contributed by atoms with van der Waals surface area (Å²) in [5, 5.41) is 9.10. The Morgan fingerprint density at radius 1 is 1.02 bits per heavy atom. The van der Waals surface area contributed by atoms with Crippen molar-refractivity contribution in [1.82, 2.24) is 19.6 Å². The van der Waals surface area contributed by atoms with Crippen molar-refractivity contribution in [2.24, 2.45) is 0 Å². The second kappa shape index (κ2) is 13.3. The van der Waals surface area contributed by atoms with Crippen LogP contribution in [0.25, 0.3) is 11.1 Å². The molecule has 0 aliphatic carbocycles. The Hall–Kier alpha value is -5.69. The molecule has 216 valence electrons. The summed E-state index contributed by atoms with van der Waals surface area (Å²) in [4.78, 5) is 44.1. The Labute approximate surface area is 247 Å². The molecular weight excluding hydrogens is 546 g/mol. The minimum absolute atomic E-state index is 0.131. The number of nitrogens with one attached hydrogen (secondary N) is 1. The first-order valence-corrected chi connectivity index (χ1v) is 13.7. The van der Waals surface area contributed by atoms with E-state index in [1.165, 1.54) is 0 Å². The minimum atomic E-state index is -0.790. The van der Waals surface area contributed by atoms with E-state index >= 15 is 0 Å². The maximum atomic E-state index is 13.4. The summed E-state index contributed by atoms with van der Waals surface area (Å²) in [5.74, 6) is -0.266. The summed E-state index contributed by atoms with van der Waals surface area (Å²) >= 11 is 0. The smallest absolute Gasteiger partial charge is 0.440 e. The zero-order chi connectivity index (χ0) is 30.2. The van der Waals surface area contributed by atoms with E-state index in [9.17, 15) is 14.4 Å². The van der Waals surface area contributed by atoms with Crippen molar-refractivity contribution in [3.63, 3.8) is 0 Å². The molecule has 0 fully saturated rings.